The molecule has 0 fully saturated rings. The Morgan fingerprint density at radius 3 is 0.771 bits per heavy atom. The summed E-state index contributed by atoms with van der Waals surface area (Å²) in [6.07, 6.45) is 42.0. The first-order chi connectivity index (χ1) is 23.4. The van der Waals surface area contributed by atoms with Crippen molar-refractivity contribution in [2.75, 3.05) is 13.2 Å². The Morgan fingerprint density at radius 1 is 0.312 bits per heavy atom. The van der Waals surface area contributed by atoms with Crippen LogP contribution in [0.1, 0.15) is 246 Å². The number of carbonyl (C=O) groups is 2. The van der Waals surface area contributed by atoms with Gasteiger partial charge in [-0.05, 0) is 37.5 Å². The molecule has 0 aromatic carbocycles. The lowest BCUT2D eigenvalue weighted by molar-refractivity contribution is -0.144. The van der Waals surface area contributed by atoms with Crippen LogP contribution >= 0.6 is 0 Å². The van der Waals surface area contributed by atoms with E-state index in [0.717, 1.165) is 50.4 Å². The Balaban J connectivity index is 3.24. The smallest absolute Gasteiger partial charge is 0.305 e. The number of hydrogen-bond donors (Lipinski definition) is 0. The Morgan fingerprint density at radius 2 is 0.521 bits per heavy atom. The van der Waals surface area contributed by atoms with Gasteiger partial charge in [-0.15, -0.1) is 0 Å². The molecule has 0 rings (SSSR count). The van der Waals surface area contributed by atoms with Crippen molar-refractivity contribution in [1.82, 2.24) is 0 Å². The Bertz CT molecular complexity index is 602. The van der Waals surface area contributed by atoms with E-state index >= 15 is 0 Å². The zero-order chi connectivity index (χ0) is 35.2. The van der Waals surface area contributed by atoms with Gasteiger partial charge in [0.05, 0.1) is 13.2 Å². The lowest BCUT2D eigenvalue weighted by Crippen LogP contribution is -2.05. The van der Waals surface area contributed by atoms with Gasteiger partial charge in [-0.25, -0.2) is 0 Å². The second-order valence-electron chi connectivity index (χ2n) is 15.9. The maximum Gasteiger partial charge on any atom is 0.305 e. The lowest BCUT2D eigenvalue weighted by atomic mass is 10.0. The largest absolute Gasteiger partial charge is 0.466 e. The minimum Gasteiger partial charge on any atom is -0.466 e. The number of esters is 2. The van der Waals surface area contributed by atoms with Crippen molar-refractivity contribution in [3.05, 3.63) is 0 Å². The van der Waals surface area contributed by atoms with E-state index in [9.17, 15) is 9.59 Å². The number of hydrogen-bond acceptors (Lipinski definition) is 4. The lowest BCUT2D eigenvalue weighted by Gasteiger charge is -2.06. The summed E-state index contributed by atoms with van der Waals surface area (Å²) < 4.78 is 10.9. The van der Waals surface area contributed by atoms with E-state index in [1.54, 1.807) is 0 Å². The van der Waals surface area contributed by atoms with Crippen LogP contribution in [0.25, 0.3) is 0 Å². The van der Waals surface area contributed by atoms with E-state index in [1.165, 1.54) is 167 Å². The van der Waals surface area contributed by atoms with Gasteiger partial charge in [-0.3, -0.25) is 9.59 Å². The molecule has 0 aromatic heterocycles. The predicted octanol–water partition coefficient (Wildman–Crippen LogP) is 14.6. The average Bonchev–Trinajstić information content (AvgIpc) is 3.05. The van der Waals surface area contributed by atoms with Crippen LogP contribution in [0.15, 0.2) is 0 Å². The summed E-state index contributed by atoms with van der Waals surface area (Å²) >= 11 is 0. The van der Waals surface area contributed by atoms with E-state index in [0.29, 0.717) is 26.1 Å². The van der Waals surface area contributed by atoms with E-state index in [1.807, 2.05) is 0 Å². The monoisotopic (exact) mass is 679 g/mol. The van der Waals surface area contributed by atoms with Gasteiger partial charge in [0.1, 0.15) is 0 Å². The highest BCUT2D eigenvalue weighted by Crippen LogP contribution is 2.16. The highest BCUT2D eigenvalue weighted by atomic mass is 16.5. The van der Waals surface area contributed by atoms with Crippen LogP contribution in [0, 0.1) is 11.8 Å². The Hall–Kier alpha value is -1.06. The fraction of sp³-hybridized carbons (Fsp3) is 0.955. The van der Waals surface area contributed by atoms with Crippen molar-refractivity contribution < 1.29 is 19.1 Å². The fourth-order valence-corrected chi connectivity index (χ4v) is 6.61. The molecule has 0 N–H and O–H groups in total. The van der Waals surface area contributed by atoms with Gasteiger partial charge in [0.25, 0.3) is 0 Å². The minimum atomic E-state index is -0.0147. The number of unbranched alkanes of at least 4 members (excludes halogenated alkanes) is 27. The molecule has 286 valence electrons. The van der Waals surface area contributed by atoms with Gasteiger partial charge in [0.2, 0.25) is 0 Å². The summed E-state index contributed by atoms with van der Waals surface area (Å²) in [6, 6.07) is 0. The first kappa shape index (κ1) is 46.9. The Kier molecular flexibility index (Phi) is 37.9. The standard InChI is InChI=1S/C44H86O4/c1-41(2)35-29-23-17-11-7-5-9-15-21-27-33-39-47-43(45)37-31-25-19-13-14-20-26-32-38-44(46)48-40-34-28-22-16-10-6-8-12-18-24-30-36-42(3)4/h41-42H,5-40H2,1-4H3. The molecule has 0 saturated carbocycles. The van der Waals surface area contributed by atoms with Crippen LogP contribution in [0.3, 0.4) is 0 Å². The van der Waals surface area contributed by atoms with E-state index < -0.39 is 0 Å². The molecule has 0 aromatic rings. The maximum absolute atomic E-state index is 12.0. The molecule has 0 saturated heterocycles. The normalized spacial score (nSPS) is 11.5. The van der Waals surface area contributed by atoms with Gasteiger partial charge in [-0.2, -0.15) is 0 Å². The summed E-state index contributed by atoms with van der Waals surface area (Å²) in [7, 11) is 0. The molecular formula is C44H86O4. The molecule has 0 unspecified atom stereocenters. The van der Waals surface area contributed by atoms with Crippen molar-refractivity contribution in [3.8, 4) is 0 Å². The molecule has 0 aliphatic heterocycles. The average molecular weight is 679 g/mol. The highest BCUT2D eigenvalue weighted by molar-refractivity contribution is 5.69. The predicted molar refractivity (Wildman–Crippen MR) is 209 cm³/mol. The fourth-order valence-electron chi connectivity index (χ4n) is 6.61. The second-order valence-corrected chi connectivity index (χ2v) is 15.9. The van der Waals surface area contributed by atoms with Gasteiger partial charge in [0, 0.05) is 12.8 Å². The van der Waals surface area contributed by atoms with E-state index in [-0.39, 0.29) is 11.9 Å². The first-order valence-electron chi connectivity index (χ1n) is 21.7. The number of rotatable bonds is 39. The minimum absolute atomic E-state index is 0.0147. The topological polar surface area (TPSA) is 52.6 Å². The molecule has 0 radical (unpaired) electrons. The van der Waals surface area contributed by atoms with Crippen LogP contribution in [0.2, 0.25) is 0 Å². The SMILES string of the molecule is CC(C)CCCCCCCCCCCCCOC(=O)CCCCCCCCCCC(=O)OCCCCCCCCCCCCCC(C)C. The summed E-state index contributed by atoms with van der Waals surface area (Å²) in [4.78, 5) is 24.0. The van der Waals surface area contributed by atoms with Crippen LogP contribution in [-0.4, -0.2) is 25.2 Å². The van der Waals surface area contributed by atoms with Crippen LogP contribution < -0.4 is 0 Å². The maximum atomic E-state index is 12.0. The van der Waals surface area contributed by atoms with Crippen molar-refractivity contribution in [1.29, 1.82) is 0 Å². The molecule has 0 atom stereocenters. The number of ether oxygens (including phenoxy) is 2. The van der Waals surface area contributed by atoms with E-state index in [2.05, 4.69) is 27.7 Å². The molecule has 48 heavy (non-hydrogen) atoms. The summed E-state index contributed by atoms with van der Waals surface area (Å²) in [5.74, 6) is 1.68. The third kappa shape index (κ3) is 41.1. The van der Waals surface area contributed by atoms with Gasteiger partial charge >= 0.3 is 11.9 Å². The summed E-state index contributed by atoms with van der Waals surface area (Å²) in [5.41, 5.74) is 0. The molecular weight excluding hydrogens is 592 g/mol. The molecule has 0 bridgehead atoms. The first-order valence-corrected chi connectivity index (χ1v) is 21.7. The highest BCUT2D eigenvalue weighted by Gasteiger charge is 2.05. The van der Waals surface area contributed by atoms with Crippen molar-refractivity contribution in [2.24, 2.45) is 11.8 Å². The Labute approximate surface area is 301 Å². The molecule has 0 aliphatic carbocycles. The molecule has 0 spiro atoms. The van der Waals surface area contributed by atoms with Crippen molar-refractivity contribution in [2.45, 2.75) is 246 Å². The molecule has 4 heteroatoms. The van der Waals surface area contributed by atoms with Gasteiger partial charge < -0.3 is 9.47 Å². The zero-order valence-corrected chi connectivity index (χ0v) is 33.2. The summed E-state index contributed by atoms with van der Waals surface area (Å²) in [5, 5.41) is 0. The molecule has 0 aliphatic rings. The van der Waals surface area contributed by atoms with Crippen LogP contribution in [-0.2, 0) is 19.1 Å². The van der Waals surface area contributed by atoms with Gasteiger partial charge in [0.15, 0.2) is 0 Å². The zero-order valence-electron chi connectivity index (χ0n) is 33.2. The van der Waals surface area contributed by atoms with Crippen molar-refractivity contribution in [3.63, 3.8) is 0 Å². The molecule has 0 heterocycles. The van der Waals surface area contributed by atoms with Crippen LogP contribution in [0.5, 0.6) is 0 Å². The van der Waals surface area contributed by atoms with Crippen molar-refractivity contribution >= 4 is 11.9 Å². The summed E-state index contributed by atoms with van der Waals surface area (Å²) in [6.45, 7) is 10.5. The van der Waals surface area contributed by atoms with Crippen LogP contribution in [0.4, 0.5) is 0 Å². The quantitative estimate of drug-likeness (QED) is 0.0479. The van der Waals surface area contributed by atoms with Gasteiger partial charge in [-0.1, -0.05) is 207 Å². The van der Waals surface area contributed by atoms with E-state index in [4.69, 9.17) is 9.47 Å². The third-order valence-corrected chi connectivity index (χ3v) is 9.89. The molecule has 4 nitrogen and oxygen atoms in total. The molecule has 0 amide bonds. The second kappa shape index (κ2) is 38.7. The third-order valence-electron chi connectivity index (χ3n) is 9.89. The number of carbonyl (C=O) groups excluding carboxylic acids is 2.